The lowest BCUT2D eigenvalue weighted by atomic mass is 10.0. The molecule has 2 amide bonds. The number of benzene rings is 2. The molecule has 0 saturated heterocycles. The molecule has 0 spiro atoms. The first-order valence-corrected chi connectivity index (χ1v) is 9.22. The van der Waals surface area contributed by atoms with E-state index in [9.17, 15) is 9.59 Å². The first kappa shape index (κ1) is 17.2. The molecule has 0 aliphatic rings. The van der Waals surface area contributed by atoms with Gasteiger partial charge in [0.25, 0.3) is 5.91 Å². The van der Waals surface area contributed by atoms with Crippen molar-refractivity contribution in [2.24, 2.45) is 0 Å². The predicted octanol–water partition coefficient (Wildman–Crippen LogP) is 3.73. The topological polar surface area (TPSA) is 58.2 Å². The minimum atomic E-state index is -0.0857. The quantitative estimate of drug-likeness (QED) is 0.637. The predicted molar refractivity (Wildman–Crippen MR) is 102 cm³/mol. The molecule has 1 heterocycles. The molecule has 2 aromatic carbocycles. The van der Waals surface area contributed by atoms with E-state index in [1.54, 1.807) is 6.07 Å². The van der Waals surface area contributed by atoms with E-state index in [1.807, 2.05) is 35.0 Å². The molecule has 5 heteroatoms. The van der Waals surface area contributed by atoms with Gasteiger partial charge >= 0.3 is 0 Å². The Balaban J connectivity index is 1.41. The fourth-order valence-corrected chi connectivity index (χ4v) is 3.31. The Morgan fingerprint density at radius 1 is 0.960 bits per heavy atom. The number of carbonyl (C=O) groups excluding carboxylic acids is 2. The molecular formula is C20H20N2O2S. The van der Waals surface area contributed by atoms with Gasteiger partial charge in [0, 0.05) is 30.5 Å². The minimum absolute atomic E-state index is 0.00211. The smallest absolute Gasteiger partial charge is 0.252 e. The number of fused-ring (bicyclic) bond motifs is 1. The lowest BCUT2D eigenvalue weighted by Gasteiger charge is -2.09. The highest BCUT2D eigenvalue weighted by Gasteiger charge is 2.06. The van der Waals surface area contributed by atoms with Crippen LogP contribution >= 0.6 is 11.3 Å². The fraction of sp³-hybridized carbons (Fsp3) is 0.200. The summed E-state index contributed by atoms with van der Waals surface area (Å²) < 4.78 is 0. The Kier molecular flexibility index (Phi) is 5.80. The summed E-state index contributed by atoms with van der Waals surface area (Å²) in [4.78, 5) is 23.8. The zero-order valence-corrected chi connectivity index (χ0v) is 14.6. The van der Waals surface area contributed by atoms with E-state index < -0.39 is 0 Å². The summed E-state index contributed by atoms with van der Waals surface area (Å²) in [5, 5.41) is 11.8. The van der Waals surface area contributed by atoms with Crippen molar-refractivity contribution >= 4 is 33.9 Å². The van der Waals surface area contributed by atoms with Crippen LogP contribution in [0.2, 0.25) is 0 Å². The number of amides is 2. The maximum absolute atomic E-state index is 12.0. The van der Waals surface area contributed by atoms with Crippen LogP contribution in [0.1, 0.15) is 28.8 Å². The van der Waals surface area contributed by atoms with E-state index >= 15 is 0 Å². The molecule has 0 unspecified atom stereocenters. The number of rotatable bonds is 7. The molecule has 25 heavy (non-hydrogen) atoms. The summed E-state index contributed by atoms with van der Waals surface area (Å²) in [6, 6.07) is 16.0. The van der Waals surface area contributed by atoms with Gasteiger partial charge < -0.3 is 10.6 Å². The molecule has 128 valence electrons. The van der Waals surface area contributed by atoms with Crippen molar-refractivity contribution in [2.45, 2.75) is 19.4 Å². The van der Waals surface area contributed by atoms with Crippen LogP contribution < -0.4 is 10.6 Å². The highest BCUT2D eigenvalue weighted by molar-refractivity contribution is 7.08. The second-order valence-corrected chi connectivity index (χ2v) is 6.57. The van der Waals surface area contributed by atoms with Crippen molar-refractivity contribution in [1.29, 1.82) is 0 Å². The van der Waals surface area contributed by atoms with Crippen LogP contribution in [-0.4, -0.2) is 18.4 Å². The summed E-state index contributed by atoms with van der Waals surface area (Å²) in [6.07, 6.45) is 1.02. The maximum Gasteiger partial charge on any atom is 0.252 e. The highest BCUT2D eigenvalue weighted by atomic mass is 32.1. The summed E-state index contributed by atoms with van der Waals surface area (Å²) in [7, 11) is 0. The summed E-state index contributed by atoms with van der Waals surface area (Å²) in [5.41, 5.74) is 1.78. The van der Waals surface area contributed by atoms with Gasteiger partial charge in [-0.25, -0.2) is 0 Å². The second-order valence-electron chi connectivity index (χ2n) is 5.79. The average molecular weight is 352 g/mol. The first-order valence-electron chi connectivity index (χ1n) is 8.28. The lowest BCUT2D eigenvalue weighted by molar-refractivity contribution is -0.121. The Morgan fingerprint density at radius 2 is 1.80 bits per heavy atom. The first-order chi connectivity index (χ1) is 12.2. The number of thiophene rings is 1. The Morgan fingerprint density at radius 3 is 2.64 bits per heavy atom. The summed E-state index contributed by atoms with van der Waals surface area (Å²) in [5.74, 6) is -0.0878. The zero-order valence-electron chi connectivity index (χ0n) is 13.8. The zero-order chi connectivity index (χ0) is 17.5. The molecule has 3 aromatic rings. The van der Waals surface area contributed by atoms with E-state index in [0.717, 1.165) is 10.9 Å². The third-order valence-corrected chi connectivity index (χ3v) is 4.69. The molecular weight excluding hydrogens is 332 g/mol. The van der Waals surface area contributed by atoms with Crippen LogP contribution in [0.25, 0.3) is 10.8 Å². The molecule has 0 bridgehead atoms. The van der Waals surface area contributed by atoms with Gasteiger partial charge in [0.1, 0.15) is 0 Å². The van der Waals surface area contributed by atoms with Gasteiger partial charge in [0.15, 0.2) is 0 Å². The van der Waals surface area contributed by atoms with Crippen molar-refractivity contribution < 1.29 is 9.59 Å². The largest absolute Gasteiger partial charge is 0.352 e. The van der Waals surface area contributed by atoms with E-state index in [4.69, 9.17) is 0 Å². The van der Waals surface area contributed by atoms with E-state index in [0.29, 0.717) is 31.5 Å². The lowest BCUT2D eigenvalue weighted by Crippen LogP contribution is -2.27. The van der Waals surface area contributed by atoms with Crippen molar-refractivity contribution in [2.75, 3.05) is 6.54 Å². The van der Waals surface area contributed by atoms with Gasteiger partial charge in [-0.3, -0.25) is 9.59 Å². The SMILES string of the molecule is O=C(CCCNC(=O)c1ccsc1)NCc1cccc2ccccc12. The highest BCUT2D eigenvalue weighted by Crippen LogP contribution is 2.18. The van der Waals surface area contributed by atoms with Crippen molar-refractivity contribution in [1.82, 2.24) is 10.6 Å². The Bertz CT molecular complexity index is 854. The van der Waals surface area contributed by atoms with Gasteiger partial charge in [-0.15, -0.1) is 0 Å². The van der Waals surface area contributed by atoms with Crippen molar-refractivity contribution in [3.8, 4) is 0 Å². The van der Waals surface area contributed by atoms with Gasteiger partial charge in [0.2, 0.25) is 5.91 Å². The van der Waals surface area contributed by atoms with Crippen LogP contribution in [0, 0.1) is 0 Å². The molecule has 4 nitrogen and oxygen atoms in total. The van der Waals surface area contributed by atoms with Crippen molar-refractivity contribution in [3.63, 3.8) is 0 Å². The monoisotopic (exact) mass is 352 g/mol. The summed E-state index contributed by atoms with van der Waals surface area (Å²) in [6.45, 7) is 1.01. The van der Waals surface area contributed by atoms with Crippen LogP contribution in [0.15, 0.2) is 59.3 Å². The Hall–Kier alpha value is -2.66. The average Bonchev–Trinajstić information content (AvgIpc) is 3.18. The number of carbonyl (C=O) groups is 2. The third-order valence-electron chi connectivity index (χ3n) is 4.01. The van der Waals surface area contributed by atoms with Gasteiger partial charge in [-0.05, 0) is 34.2 Å². The molecule has 0 saturated carbocycles. The second kappa shape index (κ2) is 8.44. The maximum atomic E-state index is 12.0. The molecule has 0 aliphatic carbocycles. The summed E-state index contributed by atoms with van der Waals surface area (Å²) >= 11 is 1.49. The van der Waals surface area contributed by atoms with Gasteiger partial charge in [-0.1, -0.05) is 42.5 Å². The third kappa shape index (κ3) is 4.67. The van der Waals surface area contributed by atoms with Crippen LogP contribution in [-0.2, 0) is 11.3 Å². The van der Waals surface area contributed by atoms with E-state index in [1.165, 1.54) is 16.7 Å². The number of hydrogen-bond acceptors (Lipinski definition) is 3. The number of nitrogens with one attached hydrogen (secondary N) is 2. The van der Waals surface area contributed by atoms with Crippen molar-refractivity contribution in [3.05, 3.63) is 70.4 Å². The molecule has 0 radical (unpaired) electrons. The molecule has 3 rings (SSSR count). The van der Waals surface area contributed by atoms with Crippen LogP contribution in [0.3, 0.4) is 0 Å². The van der Waals surface area contributed by atoms with Gasteiger partial charge in [0.05, 0.1) is 0 Å². The molecule has 2 N–H and O–H groups in total. The van der Waals surface area contributed by atoms with Crippen LogP contribution in [0.5, 0.6) is 0 Å². The van der Waals surface area contributed by atoms with Gasteiger partial charge in [-0.2, -0.15) is 11.3 Å². The fourth-order valence-electron chi connectivity index (χ4n) is 2.68. The molecule has 0 atom stereocenters. The van der Waals surface area contributed by atoms with E-state index in [-0.39, 0.29) is 11.8 Å². The normalized spacial score (nSPS) is 10.6. The van der Waals surface area contributed by atoms with E-state index in [2.05, 4.69) is 28.8 Å². The Labute approximate surface area is 150 Å². The molecule has 0 fully saturated rings. The molecule has 0 aliphatic heterocycles. The minimum Gasteiger partial charge on any atom is -0.352 e. The molecule has 1 aromatic heterocycles. The number of hydrogen-bond donors (Lipinski definition) is 2. The standard InChI is InChI=1S/C20H20N2O2S/c23-19(9-4-11-21-20(24)17-10-12-25-14-17)22-13-16-7-3-6-15-5-1-2-8-18(15)16/h1-3,5-8,10,12,14H,4,9,11,13H2,(H,21,24)(H,22,23). The van der Waals surface area contributed by atoms with Crippen LogP contribution in [0.4, 0.5) is 0 Å².